The highest BCUT2D eigenvalue weighted by molar-refractivity contribution is 7.17. The SMILES string of the molecule is O=C(C1CC1)N1CCC(Cn2cnc3scc(-c4ccco4)c3c2=O)CC1. The van der Waals surface area contributed by atoms with Crippen molar-refractivity contribution >= 4 is 27.5 Å². The van der Waals surface area contributed by atoms with Gasteiger partial charge in [0.25, 0.3) is 5.56 Å². The number of carbonyl (C=O) groups excluding carboxylic acids is 1. The number of aromatic nitrogens is 2. The maximum Gasteiger partial charge on any atom is 0.262 e. The molecule has 0 radical (unpaired) electrons. The molecule has 1 amide bonds. The summed E-state index contributed by atoms with van der Waals surface area (Å²) in [6.45, 7) is 2.27. The quantitative estimate of drug-likeness (QED) is 0.693. The highest BCUT2D eigenvalue weighted by Crippen LogP contribution is 2.33. The number of nitrogens with zero attached hydrogens (tertiary/aromatic N) is 3. The van der Waals surface area contributed by atoms with Crippen LogP contribution in [0.15, 0.2) is 39.3 Å². The fraction of sp³-hybridized carbons (Fsp3) is 0.450. The molecule has 2 fully saturated rings. The van der Waals surface area contributed by atoms with Gasteiger partial charge >= 0.3 is 0 Å². The van der Waals surface area contributed by atoms with Gasteiger partial charge < -0.3 is 9.32 Å². The first-order valence-electron chi connectivity index (χ1n) is 9.50. The molecular formula is C20H21N3O3S. The summed E-state index contributed by atoms with van der Waals surface area (Å²) in [6.07, 6.45) is 7.27. The number of thiophene rings is 1. The van der Waals surface area contributed by atoms with Gasteiger partial charge in [0.15, 0.2) is 0 Å². The van der Waals surface area contributed by atoms with Gasteiger partial charge in [0.2, 0.25) is 5.91 Å². The Hall–Kier alpha value is -2.41. The van der Waals surface area contributed by atoms with Gasteiger partial charge in [-0.3, -0.25) is 14.2 Å². The largest absolute Gasteiger partial charge is 0.464 e. The van der Waals surface area contributed by atoms with Gasteiger partial charge in [-0.1, -0.05) is 0 Å². The van der Waals surface area contributed by atoms with E-state index in [9.17, 15) is 9.59 Å². The predicted molar refractivity (Wildman–Crippen MR) is 104 cm³/mol. The number of hydrogen-bond acceptors (Lipinski definition) is 5. The number of rotatable bonds is 4. The Morgan fingerprint density at radius 1 is 1.26 bits per heavy atom. The highest BCUT2D eigenvalue weighted by Gasteiger charge is 2.35. The molecule has 3 aromatic heterocycles. The van der Waals surface area contributed by atoms with Crippen LogP contribution in [0.4, 0.5) is 0 Å². The second kappa shape index (κ2) is 6.64. The average Bonchev–Trinajstić information content (AvgIpc) is 3.22. The van der Waals surface area contributed by atoms with Crippen LogP contribution in [0, 0.1) is 11.8 Å². The van der Waals surface area contributed by atoms with Crippen molar-refractivity contribution in [3.05, 3.63) is 40.5 Å². The first-order chi connectivity index (χ1) is 13.2. The second-order valence-corrected chi connectivity index (χ2v) is 8.41. The van der Waals surface area contributed by atoms with E-state index in [0.717, 1.165) is 49.2 Å². The van der Waals surface area contributed by atoms with E-state index in [0.29, 0.717) is 29.5 Å². The molecule has 4 heterocycles. The molecule has 6 nitrogen and oxygen atoms in total. The van der Waals surface area contributed by atoms with E-state index in [4.69, 9.17) is 4.42 Å². The van der Waals surface area contributed by atoms with Crippen LogP contribution in [0.1, 0.15) is 25.7 Å². The molecule has 3 aromatic rings. The first-order valence-corrected chi connectivity index (χ1v) is 10.4. The summed E-state index contributed by atoms with van der Waals surface area (Å²) in [5, 5.41) is 2.57. The van der Waals surface area contributed by atoms with Crippen LogP contribution >= 0.6 is 11.3 Å². The van der Waals surface area contributed by atoms with E-state index in [2.05, 4.69) is 4.98 Å². The summed E-state index contributed by atoms with van der Waals surface area (Å²) in [5.74, 6) is 1.71. The fourth-order valence-corrected chi connectivity index (χ4v) is 4.80. The van der Waals surface area contributed by atoms with Crippen molar-refractivity contribution in [1.82, 2.24) is 14.5 Å². The minimum Gasteiger partial charge on any atom is -0.464 e. The zero-order valence-corrected chi connectivity index (χ0v) is 15.8. The van der Waals surface area contributed by atoms with Gasteiger partial charge in [-0.05, 0) is 43.7 Å². The summed E-state index contributed by atoms with van der Waals surface area (Å²) < 4.78 is 7.21. The molecular weight excluding hydrogens is 362 g/mol. The van der Waals surface area contributed by atoms with Crippen LogP contribution in [0.5, 0.6) is 0 Å². The van der Waals surface area contributed by atoms with Crippen LogP contribution in [-0.4, -0.2) is 33.4 Å². The summed E-state index contributed by atoms with van der Waals surface area (Å²) >= 11 is 1.46. The van der Waals surface area contributed by atoms with E-state index < -0.39 is 0 Å². The summed E-state index contributed by atoms with van der Waals surface area (Å²) in [7, 11) is 0. The molecule has 0 unspecified atom stereocenters. The molecule has 0 aromatic carbocycles. The van der Waals surface area contributed by atoms with Crippen LogP contribution in [0.2, 0.25) is 0 Å². The van der Waals surface area contributed by atoms with Crippen LogP contribution in [0.3, 0.4) is 0 Å². The van der Waals surface area contributed by atoms with Crippen molar-refractivity contribution in [2.24, 2.45) is 11.8 Å². The van der Waals surface area contributed by atoms with Crippen molar-refractivity contribution in [2.75, 3.05) is 13.1 Å². The minimum absolute atomic E-state index is 0.0101. The van der Waals surface area contributed by atoms with Gasteiger partial charge in [0.05, 0.1) is 18.0 Å². The smallest absolute Gasteiger partial charge is 0.262 e. The third kappa shape index (κ3) is 3.10. The summed E-state index contributed by atoms with van der Waals surface area (Å²) in [5.41, 5.74) is 0.806. The Balaban J connectivity index is 1.35. The third-order valence-electron chi connectivity index (χ3n) is 5.66. The van der Waals surface area contributed by atoms with E-state index in [1.165, 1.54) is 11.3 Å². The van der Waals surface area contributed by atoms with Crippen LogP contribution < -0.4 is 5.56 Å². The molecule has 0 atom stereocenters. The molecule has 1 saturated heterocycles. The Morgan fingerprint density at radius 2 is 2.07 bits per heavy atom. The molecule has 27 heavy (non-hydrogen) atoms. The molecule has 0 N–H and O–H groups in total. The Bertz CT molecular complexity index is 1020. The van der Waals surface area contributed by atoms with Gasteiger partial charge in [0.1, 0.15) is 10.6 Å². The van der Waals surface area contributed by atoms with E-state index in [1.54, 1.807) is 17.2 Å². The number of likely N-dealkylation sites (tertiary alicyclic amines) is 1. The second-order valence-electron chi connectivity index (χ2n) is 7.55. The van der Waals surface area contributed by atoms with Crippen molar-refractivity contribution in [1.29, 1.82) is 0 Å². The monoisotopic (exact) mass is 383 g/mol. The lowest BCUT2D eigenvalue weighted by Gasteiger charge is -2.32. The van der Waals surface area contributed by atoms with E-state index in [1.807, 2.05) is 22.4 Å². The number of carbonyl (C=O) groups is 1. The molecule has 7 heteroatoms. The van der Waals surface area contributed by atoms with Crippen LogP contribution in [-0.2, 0) is 11.3 Å². The van der Waals surface area contributed by atoms with Crippen molar-refractivity contribution in [3.63, 3.8) is 0 Å². The first kappa shape index (κ1) is 16.7. The van der Waals surface area contributed by atoms with Crippen molar-refractivity contribution in [3.8, 4) is 11.3 Å². The van der Waals surface area contributed by atoms with Gasteiger partial charge in [-0.2, -0.15) is 0 Å². The van der Waals surface area contributed by atoms with Crippen molar-refractivity contribution < 1.29 is 9.21 Å². The van der Waals surface area contributed by atoms with Gasteiger partial charge in [-0.15, -0.1) is 11.3 Å². The third-order valence-corrected chi connectivity index (χ3v) is 6.54. The highest BCUT2D eigenvalue weighted by atomic mass is 32.1. The molecule has 140 valence electrons. The number of amides is 1. The maximum atomic E-state index is 13.1. The normalized spacial score (nSPS) is 18.3. The molecule has 0 bridgehead atoms. The lowest BCUT2D eigenvalue weighted by atomic mass is 9.96. The van der Waals surface area contributed by atoms with Crippen molar-refractivity contribution in [2.45, 2.75) is 32.2 Å². The number of fused-ring (bicyclic) bond motifs is 1. The summed E-state index contributed by atoms with van der Waals surface area (Å²) in [6, 6.07) is 3.69. The van der Waals surface area contributed by atoms with Gasteiger partial charge in [0, 0.05) is 36.5 Å². The summed E-state index contributed by atoms with van der Waals surface area (Å²) in [4.78, 5) is 32.5. The number of piperidine rings is 1. The minimum atomic E-state index is -0.0101. The molecule has 0 spiro atoms. The molecule has 1 aliphatic heterocycles. The van der Waals surface area contributed by atoms with Crippen LogP contribution in [0.25, 0.3) is 21.5 Å². The Labute approximate surface area is 160 Å². The topological polar surface area (TPSA) is 68.3 Å². The predicted octanol–water partition coefficient (Wildman–Crippen LogP) is 3.37. The zero-order chi connectivity index (χ0) is 18.4. The lowest BCUT2D eigenvalue weighted by Crippen LogP contribution is -2.40. The molecule has 5 rings (SSSR count). The Kier molecular flexibility index (Phi) is 4.11. The molecule has 1 aliphatic carbocycles. The average molecular weight is 383 g/mol. The lowest BCUT2D eigenvalue weighted by molar-refractivity contribution is -0.134. The zero-order valence-electron chi connectivity index (χ0n) is 15.0. The Morgan fingerprint density at radius 3 is 2.78 bits per heavy atom. The standard InChI is InChI=1S/C20H21N3O3S/c24-19(14-3-4-14)22-7-5-13(6-8-22)10-23-12-21-18-17(20(23)25)15(11-27-18)16-2-1-9-26-16/h1-2,9,11-14H,3-8,10H2. The maximum absolute atomic E-state index is 13.1. The molecule has 1 saturated carbocycles. The van der Waals surface area contributed by atoms with Gasteiger partial charge in [-0.25, -0.2) is 4.98 Å². The van der Waals surface area contributed by atoms with E-state index in [-0.39, 0.29) is 11.5 Å². The van der Waals surface area contributed by atoms with E-state index >= 15 is 0 Å². The number of furan rings is 1. The molecule has 2 aliphatic rings. The number of hydrogen-bond donors (Lipinski definition) is 0. The fourth-order valence-electron chi connectivity index (χ4n) is 3.91.